The summed E-state index contributed by atoms with van der Waals surface area (Å²) in [6.07, 6.45) is 1.46. The molecule has 0 radical (unpaired) electrons. The van der Waals surface area contributed by atoms with Gasteiger partial charge in [0, 0.05) is 5.02 Å². The van der Waals surface area contributed by atoms with Gasteiger partial charge in [0.05, 0.1) is 22.8 Å². The van der Waals surface area contributed by atoms with E-state index < -0.39 is 16.0 Å². The van der Waals surface area contributed by atoms with Crippen molar-refractivity contribution in [1.29, 1.82) is 0 Å². The normalized spacial score (nSPS) is 11.0. The van der Waals surface area contributed by atoms with E-state index in [1.54, 1.807) is 24.3 Å². The average molecular weight is 476 g/mol. The summed E-state index contributed by atoms with van der Waals surface area (Å²) in [6.45, 7) is 3.70. The lowest BCUT2D eigenvalue weighted by Crippen LogP contribution is -2.31. The average Bonchev–Trinajstić information content (AvgIpc) is 2.77. The summed E-state index contributed by atoms with van der Waals surface area (Å²) in [5.74, 6) is -0.654. The fourth-order valence-electron chi connectivity index (χ4n) is 2.82. The molecule has 0 bridgehead atoms. The second kappa shape index (κ2) is 10.0. The molecule has 8 heteroatoms. The minimum atomic E-state index is -4.10. The van der Waals surface area contributed by atoms with Gasteiger partial charge in [-0.05, 0) is 48.0 Å². The van der Waals surface area contributed by atoms with Crippen molar-refractivity contribution < 1.29 is 17.9 Å². The molecule has 0 heterocycles. The number of sulfonamides is 1. The zero-order valence-electron chi connectivity index (χ0n) is 16.4. The van der Waals surface area contributed by atoms with Crippen molar-refractivity contribution in [3.8, 4) is 0 Å². The third kappa shape index (κ3) is 5.47. The number of carbonyl (C=O) groups excluding carboxylic acids is 1. The van der Waals surface area contributed by atoms with E-state index in [-0.39, 0.29) is 28.6 Å². The number of rotatable bonds is 8. The quantitative estimate of drug-likeness (QED) is 0.308. The van der Waals surface area contributed by atoms with Crippen LogP contribution in [0.5, 0.6) is 0 Å². The molecule has 0 aliphatic heterocycles. The fourth-order valence-corrected chi connectivity index (χ4v) is 4.88. The molecule has 0 spiro atoms. The number of benzene rings is 3. The van der Waals surface area contributed by atoms with Crippen LogP contribution in [0.4, 0.5) is 5.69 Å². The number of esters is 1. The Balaban J connectivity index is 1.92. The van der Waals surface area contributed by atoms with Crippen molar-refractivity contribution >= 4 is 44.9 Å². The highest BCUT2D eigenvalue weighted by molar-refractivity contribution is 7.93. The maximum absolute atomic E-state index is 13.4. The van der Waals surface area contributed by atoms with Gasteiger partial charge in [-0.3, -0.25) is 4.31 Å². The maximum atomic E-state index is 13.4. The van der Waals surface area contributed by atoms with E-state index in [0.717, 1.165) is 9.87 Å². The molecule has 0 fully saturated rings. The predicted octanol–water partition coefficient (Wildman–Crippen LogP) is 5.73. The van der Waals surface area contributed by atoms with E-state index in [0.29, 0.717) is 10.7 Å². The molecule has 3 aromatic rings. The van der Waals surface area contributed by atoms with E-state index in [9.17, 15) is 13.2 Å². The molecule has 160 valence electrons. The van der Waals surface area contributed by atoms with Crippen molar-refractivity contribution in [2.24, 2.45) is 0 Å². The molecular formula is C23H19Cl2NO4S. The Morgan fingerprint density at radius 2 is 1.68 bits per heavy atom. The zero-order valence-corrected chi connectivity index (χ0v) is 18.7. The van der Waals surface area contributed by atoms with Gasteiger partial charge in [-0.25, -0.2) is 13.2 Å². The van der Waals surface area contributed by atoms with Gasteiger partial charge in [0.1, 0.15) is 11.5 Å². The Labute approximate surface area is 191 Å². The van der Waals surface area contributed by atoms with Crippen LogP contribution in [0.3, 0.4) is 0 Å². The van der Waals surface area contributed by atoms with E-state index in [1.807, 2.05) is 30.3 Å². The summed E-state index contributed by atoms with van der Waals surface area (Å²) in [5.41, 5.74) is 1.28. The highest BCUT2D eigenvalue weighted by Gasteiger charge is 2.28. The Morgan fingerprint density at radius 1 is 1.00 bits per heavy atom. The lowest BCUT2D eigenvalue weighted by atomic mass is 10.2. The molecule has 0 amide bonds. The van der Waals surface area contributed by atoms with Crippen LogP contribution in [0.1, 0.15) is 15.9 Å². The molecule has 0 aliphatic rings. The number of ether oxygens (including phenoxy) is 1. The predicted molar refractivity (Wildman–Crippen MR) is 123 cm³/mol. The van der Waals surface area contributed by atoms with Gasteiger partial charge in [0.25, 0.3) is 10.0 Å². The summed E-state index contributed by atoms with van der Waals surface area (Å²) in [4.78, 5) is 12.3. The third-order valence-corrected chi connectivity index (χ3v) is 6.88. The Bertz CT molecular complexity index is 1180. The summed E-state index contributed by atoms with van der Waals surface area (Å²) >= 11 is 12.1. The number of anilines is 1. The summed E-state index contributed by atoms with van der Waals surface area (Å²) in [5, 5.41) is 0.462. The standard InChI is InChI=1S/C23H19Cl2NO4S/c1-2-14-26(20-11-9-19(24)10-12-20)31(28,29)22-15-18(8-13-21(22)25)23(27)30-16-17-6-4-3-5-7-17/h2-13,15H,1,14,16H2. The molecule has 3 rings (SSSR count). The van der Waals surface area contributed by atoms with Crippen molar-refractivity contribution in [2.75, 3.05) is 10.8 Å². The van der Waals surface area contributed by atoms with Crippen LogP contribution in [0, 0.1) is 0 Å². The van der Waals surface area contributed by atoms with Gasteiger partial charge in [0.2, 0.25) is 0 Å². The Hall–Kier alpha value is -2.80. The van der Waals surface area contributed by atoms with Crippen LogP contribution in [0.2, 0.25) is 10.0 Å². The van der Waals surface area contributed by atoms with Crippen LogP contribution >= 0.6 is 23.2 Å². The van der Waals surface area contributed by atoms with Crippen LogP contribution < -0.4 is 4.31 Å². The highest BCUT2D eigenvalue weighted by atomic mass is 35.5. The summed E-state index contributed by atoms with van der Waals surface area (Å²) < 4.78 is 33.2. The van der Waals surface area contributed by atoms with Gasteiger partial charge in [0.15, 0.2) is 0 Å². The lowest BCUT2D eigenvalue weighted by Gasteiger charge is -2.24. The maximum Gasteiger partial charge on any atom is 0.338 e. The fraction of sp³-hybridized carbons (Fsp3) is 0.0870. The number of hydrogen-bond acceptors (Lipinski definition) is 4. The monoisotopic (exact) mass is 475 g/mol. The number of hydrogen-bond donors (Lipinski definition) is 0. The summed E-state index contributed by atoms with van der Waals surface area (Å²) in [6, 6.07) is 19.5. The molecular weight excluding hydrogens is 457 g/mol. The molecule has 31 heavy (non-hydrogen) atoms. The molecule has 0 aromatic heterocycles. The van der Waals surface area contributed by atoms with Crippen molar-refractivity contribution in [3.05, 3.63) is 107 Å². The Morgan fingerprint density at radius 3 is 2.32 bits per heavy atom. The van der Waals surface area contributed by atoms with Gasteiger partial charge in [-0.15, -0.1) is 6.58 Å². The van der Waals surface area contributed by atoms with Crippen LogP contribution in [-0.2, 0) is 21.4 Å². The van der Waals surface area contributed by atoms with Crippen LogP contribution in [0.15, 0.2) is 90.3 Å². The van der Waals surface area contributed by atoms with Crippen LogP contribution in [-0.4, -0.2) is 20.9 Å². The lowest BCUT2D eigenvalue weighted by molar-refractivity contribution is 0.0472. The first-order valence-corrected chi connectivity index (χ1v) is 11.4. The second-order valence-corrected chi connectivity index (χ2v) is 9.18. The number of carbonyl (C=O) groups is 1. The molecule has 0 saturated carbocycles. The highest BCUT2D eigenvalue weighted by Crippen LogP contribution is 2.30. The topological polar surface area (TPSA) is 63.7 Å². The molecule has 0 N–H and O–H groups in total. The SMILES string of the molecule is C=CCN(c1ccc(Cl)cc1)S(=O)(=O)c1cc(C(=O)OCc2ccccc2)ccc1Cl. The third-order valence-electron chi connectivity index (χ3n) is 4.36. The number of nitrogens with zero attached hydrogens (tertiary/aromatic N) is 1. The molecule has 0 saturated heterocycles. The molecule has 3 aromatic carbocycles. The van der Waals surface area contributed by atoms with E-state index in [2.05, 4.69) is 6.58 Å². The van der Waals surface area contributed by atoms with E-state index in [1.165, 1.54) is 24.3 Å². The van der Waals surface area contributed by atoms with Crippen molar-refractivity contribution in [3.63, 3.8) is 0 Å². The first kappa shape index (κ1) is 22.9. The van der Waals surface area contributed by atoms with Crippen LogP contribution in [0.25, 0.3) is 0 Å². The zero-order chi connectivity index (χ0) is 22.4. The minimum absolute atomic E-state index is 0.00295. The van der Waals surface area contributed by atoms with Crippen molar-refractivity contribution in [1.82, 2.24) is 0 Å². The second-order valence-electron chi connectivity index (χ2n) is 6.51. The van der Waals surface area contributed by atoms with Gasteiger partial charge in [-0.2, -0.15) is 0 Å². The largest absolute Gasteiger partial charge is 0.457 e. The van der Waals surface area contributed by atoms with Gasteiger partial charge in [-0.1, -0.05) is 59.6 Å². The molecule has 5 nitrogen and oxygen atoms in total. The smallest absolute Gasteiger partial charge is 0.338 e. The van der Waals surface area contributed by atoms with E-state index in [4.69, 9.17) is 27.9 Å². The first-order valence-electron chi connectivity index (χ1n) is 9.22. The van der Waals surface area contributed by atoms with E-state index >= 15 is 0 Å². The number of halogens is 2. The molecule has 0 atom stereocenters. The van der Waals surface area contributed by atoms with Crippen molar-refractivity contribution in [2.45, 2.75) is 11.5 Å². The molecule has 0 aliphatic carbocycles. The molecule has 0 unspecified atom stereocenters. The minimum Gasteiger partial charge on any atom is -0.457 e. The first-order chi connectivity index (χ1) is 14.8. The Kier molecular flexibility index (Phi) is 7.38. The summed E-state index contributed by atoms with van der Waals surface area (Å²) in [7, 11) is -4.10. The van der Waals surface area contributed by atoms with Gasteiger partial charge >= 0.3 is 5.97 Å². The van der Waals surface area contributed by atoms with Gasteiger partial charge < -0.3 is 4.74 Å².